The van der Waals surface area contributed by atoms with Gasteiger partial charge in [0.25, 0.3) is 0 Å². The molecule has 3 nitrogen and oxygen atoms in total. The minimum absolute atomic E-state index is 0.344. The van der Waals surface area contributed by atoms with Gasteiger partial charge in [-0.15, -0.1) is 0 Å². The first-order valence-corrected chi connectivity index (χ1v) is 7.10. The van der Waals surface area contributed by atoms with Crippen LogP contribution in [-0.4, -0.2) is 21.8 Å². The van der Waals surface area contributed by atoms with Crippen molar-refractivity contribution in [1.29, 1.82) is 0 Å². The fourth-order valence-electron chi connectivity index (χ4n) is 3.72. The van der Waals surface area contributed by atoms with Crippen molar-refractivity contribution in [1.82, 2.24) is 0 Å². The molecule has 0 amide bonds. The maximum Gasteiger partial charge on any atom is 0.306 e. The maximum absolute atomic E-state index is 10.8. The van der Waals surface area contributed by atoms with E-state index in [2.05, 4.69) is 24.3 Å². The highest BCUT2D eigenvalue weighted by Gasteiger charge is 2.47. The molecule has 1 saturated carbocycles. The highest BCUT2D eigenvalue weighted by atomic mass is 16.4. The van der Waals surface area contributed by atoms with E-state index in [1.54, 1.807) is 0 Å². The topological polar surface area (TPSA) is 57.5 Å². The molecule has 0 heterocycles. The fourth-order valence-corrected chi connectivity index (χ4v) is 3.72. The quantitative estimate of drug-likeness (QED) is 0.878. The number of hydrogen-bond acceptors (Lipinski definition) is 2. The molecule has 1 fully saturated rings. The zero-order chi connectivity index (χ0) is 13.5. The van der Waals surface area contributed by atoms with Crippen LogP contribution < -0.4 is 0 Å². The SMILES string of the molecule is O=C(O)C1CC(O)(CC2CCCc3ccccc32)C1. The van der Waals surface area contributed by atoms with Gasteiger partial charge in [-0.3, -0.25) is 4.79 Å². The van der Waals surface area contributed by atoms with Crippen molar-refractivity contribution in [3.63, 3.8) is 0 Å². The van der Waals surface area contributed by atoms with Crippen molar-refractivity contribution < 1.29 is 15.0 Å². The molecule has 0 aliphatic heterocycles. The van der Waals surface area contributed by atoms with Crippen molar-refractivity contribution in [2.45, 2.75) is 50.0 Å². The number of carboxylic acid groups (broad SMARTS) is 1. The van der Waals surface area contributed by atoms with Crippen LogP contribution in [0.5, 0.6) is 0 Å². The van der Waals surface area contributed by atoms with E-state index in [1.807, 2.05) is 0 Å². The minimum Gasteiger partial charge on any atom is -0.481 e. The fraction of sp³-hybridized carbons (Fsp3) is 0.562. The number of fused-ring (bicyclic) bond motifs is 1. The molecule has 1 aromatic carbocycles. The van der Waals surface area contributed by atoms with Gasteiger partial charge in [0.2, 0.25) is 0 Å². The highest BCUT2D eigenvalue weighted by Crippen LogP contribution is 2.46. The Morgan fingerprint density at radius 3 is 2.79 bits per heavy atom. The Labute approximate surface area is 113 Å². The Morgan fingerprint density at radius 1 is 1.32 bits per heavy atom. The Morgan fingerprint density at radius 2 is 2.05 bits per heavy atom. The molecular formula is C16H20O3. The second-order valence-corrected chi connectivity index (χ2v) is 6.16. The Kier molecular flexibility index (Phi) is 3.09. The van der Waals surface area contributed by atoms with Crippen molar-refractivity contribution in [3.05, 3.63) is 35.4 Å². The molecule has 0 aromatic heterocycles. The summed E-state index contributed by atoms with van der Waals surface area (Å²) in [5, 5.41) is 19.4. The number of benzene rings is 1. The lowest BCUT2D eigenvalue weighted by Crippen LogP contribution is -2.48. The monoisotopic (exact) mass is 260 g/mol. The van der Waals surface area contributed by atoms with E-state index in [4.69, 9.17) is 5.11 Å². The largest absolute Gasteiger partial charge is 0.481 e. The van der Waals surface area contributed by atoms with Gasteiger partial charge in [0.05, 0.1) is 11.5 Å². The first-order chi connectivity index (χ1) is 9.07. The van der Waals surface area contributed by atoms with E-state index in [9.17, 15) is 9.90 Å². The predicted octanol–water partition coefficient (Wildman–Crippen LogP) is 2.72. The van der Waals surface area contributed by atoms with Crippen molar-refractivity contribution in [2.24, 2.45) is 5.92 Å². The zero-order valence-electron chi connectivity index (χ0n) is 11.0. The molecule has 0 spiro atoms. The van der Waals surface area contributed by atoms with Gasteiger partial charge in [-0.05, 0) is 55.6 Å². The van der Waals surface area contributed by atoms with E-state index in [0.717, 1.165) is 12.8 Å². The molecule has 1 atom stereocenters. The lowest BCUT2D eigenvalue weighted by molar-refractivity contribution is -0.159. The van der Waals surface area contributed by atoms with Gasteiger partial charge < -0.3 is 10.2 Å². The van der Waals surface area contributed by atoms with E-state index >= 15 is 0 Å². The number of carboxylic acids is 1. The van der Waals surface area contributed by atoms with Gasteiger partial charge in [0.1, 0.15) is 0 Å². The van der Waals surface area contributed by atoms with Crippen LogP contribution in [0.3, 0.4) is 0 Å². The third-order valence-electron chi connectivity index (χ3n) is 4.72. The van der Waals surface area contributed by atoms with Gasteiger partial charge >= 0.3 is 5.97 Å². The summed E-state index contributed by atoms with van der Waals surface area (Å²) >= 11 is 0. The summed E-state index contributed by atoms with van der Waals surface area (Å²) in [7, 11) is 0. The lowest BCUT2D eigenvalue weighted by Gasteiger charge is -2.44. The molecule has 0 bridgehead atoms. The van der Waals surface area contributed by atoms with Crippen LogP contribution in [-0.2, 0) is 11.2 Å². The van der Waals surface area contributed by atoms with E-state index < -0.39 is 11.6 Å². The second-order valence-electron chi connectivity index (χ2n) is 6.16. The molecule has 2 N–H and O–H groups in total. The highest BCUT2D eigenvalue weighted by molar-refractivity contribution is 5.71. The smallest absolute Gasteiger partial charge is 0.306 e. The average molecular weight is 260 g/mol. The molecule has 1 unspecified atom stereocenters. The lowest BCUT2D eigenvalue weighted by atomic mass is 9.65. The molecule has 102 valence electrons. The molecule has 2 aliphatic rings. The summed E-state index contributed by atoms with van der Waals surface area (Å²) in [6.07, 6.45) is 4.95. The molecule has 0 radical (unpaired) electrons. The number of rotatable bonds is 3. The summed E-state index contributed by atoms with van der Waals surface area (Å²) in [4.78, 5) is 10.8. The van der Waals surface area contributed by atoms with Crippen LogP contribution in [0, 0.1) is 5.92 Å². The summed E-state index contributed by atoms with van der Waals surface area (Å²) < 4.78 is 0. The van der Waals surface area contributed by atoms with Gasteiger partial charge in [-0.2, -0.15) is 0 Å². The van der Waals surface area contributed by atoms with E-state index in [1.165, 1.54) is 17.5 Å². The predicted molar refractivity (Wildman–Crippen MR) is 72.0 cm³/mol. The molecule has 19 heavy (non-hydrogen) atoms. The van der Waals surface area contributed by atoms with Crippen molar-refractivity contribution in [2.75, 3.05) is 0 Å². The number of aryl methyl sites for hydroxylation is 1. The Balaban J connectivity index is 1.70. The molecule has 3 heteroatoms. The molecular weight excluding hydrogens is 240 g/mol. The summed E-state index contributed by atoms with van der Waals surface area (Å²) in [6, 6.07) is 8.46. The average Bonchev–Trinajstić information content (AvgIpc) is 2.36. The first kappa shape index (κ1) is 12.7. The summed E-state index contributed by atoms with van der Waals surface area (Å²) in [5.74, 6) is -0.720. The number of aliphatic hydroxyl groups is 1. The van der Waals surface area contributed by atoms with Crippen LogP contribution in [0.1, 0.15) is 49.1 Å². The van der Waals surface area contributed by atoms with Crippen molar-refractivity contribution >= 4 is 5.97 Å². The van der Waals surface area contributed by atoms with Crippen LogP contribution in [0.25, 0.3) is 0 Å². The van der Waals surface area contributed by atoms with Gasteiger partial charge in [-0.25, -0.2) is 0 Å². The van der Waals surface area contributed by atoms with Gasteiger partial charge in [0, 0.05) is 0 Å². The second kappa shape index (κ2) is 4.64. The number of hydrogen-bond donors (Lipinski definition) is 2. The molecule has 1 aromatic rings. The van der Waals surface area contributed by atoms with Crippen LogP contribution in [0.15, 0.2) is 24.3 Å². The third kappa shape index (κ3) is 2.39. The summed E-state index contributed by atoms with van der Waals surface area (Å²) in [5.41, 5.74) is 2.01. The van der Waals surface area contributed by atoms with Crippen molar-refractivity contribution in [3.8, 4) is 0 Å². The Bertz CT molecular complexity index is 489. The standard InChI is InChI=1S/C16H20O3/c17-15(18)13-9-16(19,10-13)8-12-6-3-5-11-4-1-2-7-14(11)12/h1-2,4,7,12-13,19H,3,5-6,8-10H2,(H,17,18). The number of carbonyl (C=O) groups is 1. The molecule has 0 saturated heterocycles. The minimum atomic E-state index is -0.770. The molecule has 2 aliphatic carbocycles. The third-order valence-corrected chi connectivity index (χ3v) is 4.72. The van der Waals surface area contributed by atoms with Crippen LogP contribution >= 0.6 is 0 Å². The summed E-state index contributed by atoms with van der Waals surface area (Å²) in [6.45, 7) is 0. The number of aliphatic carboxylic acids is 1. The van der Waals surface area contributed by atoms with Crippen LogP contribution in [0.2, 0.25) is 0 Å². The first-order valence-electron chi connectivity index (χ1n) is 7.10. The Hall–Kier alpha value is -1.35. The van der Waals surface area contributed by atoms with Crippen LogP contribution in [0.4, 0.5) is 0 Å². The maximum atomic E-state index is 10.8. The van der Waals surface area contributed by atoms with Gasteiger partial charge in [0.15, 0.2) is 0 Å². The van der Waals surface area contributed by atoms with E-state index in [0.29, 0.717) is 25.2 Å². The normalized spacial score (nSPS) is 33.3. The zero-order valence-corrected chi connectivity index (χ0v) is 11.0. The van der Waals surface area contributed by atoms with E-state index in [-0.39, 0.29) is 5.92 Å². The molecule has 3 rings (SSSR count). The van der Waals surface area contributed by atoms with Gasteiger partial charge in [-0.1, -0.05) is 24.3 Å².